The average molecular weight is 335 g/mol. The zero-order valence-electron chi connectivity index (χ0n) is 16.7. The molecule has 2 N–H and O–H groups in total. The Morgan fingerprint density at radius 2 is 1.79 bits per heavy atom. The van der Waals surface area contributed by atoms with Crippen LogP contribution in [0.15, 0.2) is 18.2 Å². The Balaban J connectivity index is 0.000000561. The standard InChI is InChI=1S/C16H26.C5H12N2O/c1-5-7-11-15(9-6-2)16-12-8-10-13(3)14(16)4;1-3-7(6)4-5(2)8/h8,10,12,15H,5-7,9,11H2,1-4H3;3-4,6H2,1-2H3. The lowest BCUT2D eigenvalue weighted by Crippen LogP contribution is -2.34. The molecule has 3 nitrogen and oxygen atoms in total. The SMILES string of the molecule is CCCCC(CCC)c1cccc(C)c1C.CCN(N)CC(C)=O. The van der Waals surface area contributed by atoms with Crippen LogP contribution in [0.1, 0.15) is 82.4 Å². The number of nitrogens with zero attached hydrogens (tertiary/aromatic N) is 1. The van der Waals surface area contributed by atoms with E-state index in [1.165, 1.54) is 55.2 Å². The third kappa shape index (κ3) is 9.19. The molecule has 0 aliphatic heterocycles. The number of Topliss-reactive ketones (excluding diaryl/α,β-unsaturated/α-hetero) is 1. The van der Waals surface area contributed by atoms with E-state index in [1.54, 1.807) is 5.56 Å². The van der Waals surface area contributed by atoms with E-state index in [-0.39, 0.29) is 5.78 Å². The molecule has 0 aliphatic rings. The molecule has 1 aromatic rings. The van der Waals surface area contributed by atoms with E-state index in [0.717, 1.165) is 12.5 Å². The molecule has 138 valence electrons. The molecule has 0 saturated heterocycles. The van der Waals surface area contributed by atoms with Crippen LogP contribution in [0.5, 0.6) is 0 Å². The molecule has 3 heteroatoms. The van der Waals surface area contributed by atoms with Crippen molar-refractivity contribution in [3.8, 4) is 0 Å². The smallest absolute Gasteiger partial charge is 0.145 e. The van der Waals surface area contributed by atoms with Gasteiger partial charge in [0.25, 0.3) is 0 Å². The maximum atomic E-state index is 10.3. The number of likely N-dealkylation sites (N-methyl/N-ethyl adjacent to an activating group) is 1. The molecular weight excluding hydrogens is 296 g/mol. The van der Waals surface area contributed by atoms with Crippen molar-refractivity contribution in [2.45, 2.75) is 79.6 Å². The Labute approximate surface area is 149 Å². The predicted octanol–water partition coefficient (Wildman–Crippen LogP) is 5.15. The molecule has 0 aromatic heterocycles. The number of unbranched alkanes of at least 4 members (excludes halogenated alkanes) is 1. The molecule has 1 rings (SSSR count). The number of benzene rings is 1. The minimum atomic E-state index is 0.106. The number of hydrogen-bond donors (Lipinski definition) is 1. The van der Waals surface area contributed by atoms with Crippen LogP contribution in [0, 0.1) is 13.8 Å². The minimum Gasteiger partial charge on any atom is -0.299 e. The molecule has 0 fully saturated rings. The zero-order chi connectivity index (χ0) is 18.5. The second-order valence-corrected chi connectivity index (χ2v) is 6.68. The van der Waals surface area contributed by atoms with Crippen LogP contribution in [0.2, 0.25) is 0 Å². The largest absolute Gasteiger partial charge is 0.299 e. The van der Waals surface area contributed by atoms with Gasteiger partial charge in [-0.1, -0.05) is 58.2 Å². The van der Waals surface area contributed by atoms with Crippen LogP contribution in [0.4, 0.5) is 0 Å². The molecule has 0 heterocycles. The third-order valence-electron chi connectivity index (χ3n) is 4.46. The monoisotopic (exact) mass is 334 g/mol. The quantitative estimate of drug-likeness (QED) is 0.502. The van der Waals surface area contributed by atoms with Crippen molar-refractivity contribution in [2.75, 3.05) is 13.1 Å². The minimum absolute atomic E-state index is 0.106. The number of aryl methyl sites for hydroxylation is 1. The lowest BCUT2D eigenvalue weighted by Gasteiger charge is -2.19. The van der Waals surface area contributed by atoms with Gasteiger partial charge in [-0.25, -0.2) is 5.01 Å². The summed E-state index contributed by atoms with van der Waals surface area (Å²) in [6, 6.07) is 6.77. The molecule has 24 heavy (non-hydrogen) atoms. The van der Waals surface area contributed by atoms with Gasteiger partial charge in [-0.05, 0) is 56.2 Å². The van der Waals surface area contributed by atoms with E-state index in [4.69, 9.17) is 5.84 Å². The fourth-order valence-electron chi connectivity index (χ4n) is 2.87. The normalized spacial score (nSPS) is 11.8. The molecule has 1 aromatic carbocycles. The van der Waals surface area contributed by atoms with E-state index in [9.17, 15) is 4.79 Å². The Bertz CT molecular complexity index is 471. The lowest BCUT2D eigenvalue weighted by atomic mass is 9.86. The number of ketones is 1. The van der Waals surface area contributed by atoms with Crippen molar-refractivity contribution in [2.24, 2.45) is 5.84 Å². The Morgan fingerprint density at radius 1 is 1.12 bits per heavy atom. The molecule has 0 amide bonds. The zero-order valence-corrected chi connectivity index (χ0v) is 16.7. The number of rotatable bonds is 9. The lowest BCUT2D eigenvalue weighted by molar-refractivity contribution is -0.118. The summed E-state index contributed by atoms with van der Waals surface area (Å²) in [6.45, 7) is 13.6. The first-order valence-corrected chi connectivity index (χ1v) is 9.42. The maximum Gasteiger partial charge on any atom is 0.145 e. The van der Waals surface area contributed by atoms with Gasteiger partial charge in [0.2, 0.25) is 0 Å². The molecule has 0 saturated carbocycles. The molecule has 0 bridgehead atoms. The fourth-order valence-corrected chi connectivity index (χ4v) is 2.87. The molecular formula is C21H38N2O. The van der Waals surface area contributed by atoms with Gasteiger partial charge in [0.05, 0.1) is 6.54 Å². The number of carbonyl (C=O) groups excluding carboxylic acids is 1. The summed E-state index contributed by atoms with van der Waals surface area (Å²) in [5, 5.41) is 1.47. The highest BCUT2D eigenvalue weighted by atomic mass is 16.1. The topological polar surface area (TPSA) is 46.3 Å². The summed E-state index contributed by atoms with van der Waals surface area (Å²) >= 11 is 0. The van der Waals surface area contributed by atoms with Crippen LogP contribution in [0.3, 0.4) is 0 Å². The first-order chi connectivity index (χ1) is 11.4. The van der Waals surface area contributed by atoms with E-state index in [1.807, 2.05) is 6.92 Å². The van der Waals surface area contributed by atoms with Gasteiger partial charge in [-0.15, -0.1) is 0 Å². The average Bonchev–Trinajstić information content (AvgIpc) is 2.54. The molecule has 0 spiro atoms. The maximum absolute atomic E-state index is 10.3. The van der Waals surface area contributed by atoms with Gasteiger partial charge < -0.3 is 0 Å². The fraction of sp³-hybridized carbons (Fsp3) is 0.667. The second kappa shape index (κ2) is 13.1. The van der Waals surface area contributed by atoms with Gasteiger partial charge in [0, 0.05) is 6.54 Å². The van der Waals surface area contributed by atoms with Crippen LogP contribution in [-0.4, -0.2) is 23.9 Å². The van der Waals surface area contributed by atoms with Gasteiger partial charge in [0.1, 0.15) is 5.78 Å². The Kier molecular flexibility index (Phi) is 12.5. The molecule has 0 radical (unpaired) electrons. The predicted molar refractivity (Wildman–Crippen MR) is 105 cm³/mol. The van der Waals surface area contributed by atoms with Crippen molar-refractivity contribution in [3.63, 3.8) is 0 Å². The van der Waals surface area contributed by atoms with Crippen molar-refractivity contribution >= 4 is 5.78 Å². The van der Waals surface area contributed by atoms with Gasteiger partial charge in [-0.3, -0.25) is 10.6 Å². The van der Waals surface area contributed by atoms with Crippen LogP contribution >= 0.6 is 0 Å². The van der Waals surface area contributed by atoms with Crippen LogP contribution in [-0.2, 0) is 4.79 Å². The number of hydrogen-bond acceptors (Lipinski definition) is 3. The highest BCUT2D eigenvalue weighted by molar-refractivity contribution is 5.77. The summed E-state index contributed by atoms with van der Waals surface area (Å²) in [7, 11) is 0. The molecule has 1 unspecified atom stereocenters. The van der Waals surface area contributed by atoms with Gasteiger partial charge in [-0.2, -0.15) is 0 Å². The molecule has 0 aliphatic carbocycles. The van der Waals surface area contributed by atoms with Crippen molar-refractivity contribution in [1.82, 2.24) is 5.01 Å². The van der Waals surface area contributed by atoms with Crippen molar-refractivity contribution < 1.29 is 4.79 Å². The van der Waals surface area contributed by atoms with Gasteiger partial charge >= 0.3 is 0 Å². The highest BCUT2D eigenvalue weighted by Gasteiger charge is 2.13. The first kappa shape index (κ1) is 22.8. The van der Waals surface area contributed by atoms with Crippen LogP contribution < -0.4 is 5.84 Å². The van der Waals surface area contributed by atoms with Gasteiger partial charge in [0.15, 0.2) is 0 Å². The third-order valence-corrected chi connectivity index (χ3v) is 4.46. The summed E-state index contributed by atoms with van der Waals surface area (Å²) < 4.78 is 0. The van der Waals surface area contributed by atoms with E-state index < -0.39 is 0 Å². The number of hydrazine groups is 1. The van der Waals surface area contributed by atoms with Crippen molar-refractivity contribution in [3.05, 3.63) is 34.9 Å². The number of nitrogens with two attached hydrogens (primary N) is 1. The van der Waals surface area contributed by atoms with Crippen molar-refractivity contribution in [1.29, 1.82) is 0 Å². The summed E-state index contributed by atoms with van der Waals surface area (Å²) in [5.41, 5.74) is 4.54. The second-order valence-electron chi connectivity index (χ2n) is 6.68. The highest BCUT2D eigenvalue weighted by Crippen LogP contribution is 2.30. The van der Waals surface area contributed by atoms with E-state index in [0.29, 0.717) is 6.54 Å². The summed E-state index contributed by atoms with van der Waals surface area (Å²) in [4.78, 5) is 10.3. The summed E-state index contributed by atoms with van der Waals surface area (Å²) in [5.74, 6) is 6.17. The number of carbonyl (C=O) groups is 1. The van der Waals surface area contributed by atoms with Crippen LogP contribution in [0.25, 0.3) is 0 Å². The summed E-state index contributed by atoms with van der Waals surface area (Å²) in [6.07, 6.45) is 6.66. The van der Waals surface area contributed by atoms with E-state index in [2.05, 4.69) is 45.9 Å². The van der Waals surface area contributed by atoms with E-state index >= 15 is 0 Å². The molecule has 1 atom stereocenters. The first-order valence-electron chi connectivity index (χ1n) is 9.42. The Hall–Kier alpha value is -1.19. The Morgan fingerprint density at radius 3 is 2.25 bits per heavy atom.